The summed E-state index contributed by atoms with van der Waals surface area (Å²) in [5.74, 6) is 0.378. The van der Waals surface area contributed by atoms with E-state index < -0.39 is 0 Å². The molecule has 3 aromatic rings. The zero-order valence-electron chi connectivity index (χ0n) is 14.0. The standard InChI is InChI=1S/C17H16ClN5O2S/c1-25-13-7-6-10(8-12(13)18)20-16(24)15-11-4-2-3-5-14(11)26-17(15)23-9-19-21-22-23/h6-9H,2-5H2,1H3,(H,20,24). The van der Waals surface area contributed by atoms with Crippen molar-refractivity contribution in [1.29, 1.82) is 0 Å². The molecule has 0 fully saturated rings. The number of tetrazole rings is 1. The van der Waals surface area contributed by atoms with Gasteiger partial charge in [0.1, 0.15) is 17.1 Å². The highest BCUT2D eigenvalue weighted by Gasteiger charge is 2.27. The maximum Gasteiger partial charge on any atom is 0.259 e. The molecule has 0 unspecified atom stereocenters. The van der Waals surface area contributed by atoms with E-state index in [2.05, 4.69) is 20.8 Å². The molecule has 0 atom stereocenters. The predicted molar refractivity (Wildman–Crippen MR) is 99.6 cm³/mol. The van der Waals surface area contributed by atoms with Crippen LogP contribution in [0.5, 0.6) is 5.75 Å². The first-order valence-electron chi connectivity index (χ1n) is 8.20. The predicted octanol–water partition coefficient (Wildman–Crippen LogP) is 3.52. The molecule has 2 heterocycles. The zero-order valence-corrected chi connectivity index (χ0v) is 15.6. The molecule has 7 nitrogen and oxygen atoms in total. The molecule has 1 N–H and O–H groups in total. The van der Waals surface area contributed by atoms with Crippen molar-refractivity contribution in [3.05, 3.63) is 45.6 Å². The van der Waals surface area contributed by atoms with Crippen molar-refractivity contribution in [2.45, 2.75) is 25.7 Å². The van der Waals surface area contributed by atoms with Gasteiger partial charge in [-0.05, 0) is 59.9 Å². The van der Waals surface area contributed by atoms with E-state index in [0.717, 1.165) is 36.2 Å². The molecule has 1 aromatic carbocycles. The van der Waals surface area contributed by atoms with E-state index in [9.17, 15) is 4.79 Å². The number of aromatic nitrogens is 4. The third kappa shape index (κ3) is 3.06. The van der Waals surface area contributed by atoms with E-state index >= 15 is 0 Å². The molecule has 0 saturated carbocycles. The number of carbonyl (C=O) groups excluding carboxylic acids is 1. The zero-order chi connectivity index (χ0) is 18.1. The Morgan fingerprint density at radius 2 is 2.19 bits per heavy atom. The lowest BCUT2D eigenvalue weighted by Crippen LogP contribution is -2.17. The van der Waals surface area contributed by atoms with Crippen molar-refractivity contribution in [3.8, 4) is 10.8 Å². The summed E-state index contributed by atoms with van der Waals surface area (Å²) in [5, 5.41) is 15.5. The Bertz CT molecular complexity index is 954. The molecule has 0 aliphatic heterocycles. The Morgan fingerprint density at radius 3 is 2.92 bits per heavy atom. The number of ether oxygens (including phenoxy) is 1. The average molecular weight is 390 g/mol. The van der Waals surface area contributed by atoms with Crippen LogP contribution in [0.15, 0.2) is 24.5 Å². The van der Waals surface area contributed by atoms with Crippen molar-refractivity contribution in [3.63, 3.8) is 0 Å². The fourth-order valence-corrected chi connectivity index (χ4v) is 4.70. The molecule has 0 spiro atoms. The highest BCUT2D eigenvalue weighted by molar-refractivity contribution is 7.15. The molecule has 1 amide bonds. The number of nitrogens with one attached hydrogen (secondary N) is 1. The summed E-state index contributed by atoms with van der Waals surface area (Å²) in [7, 11) is 1.55. The molecule has 1 aliphatic carbocycles. The van der Waals surface area contributed by atoms with Crippen molar-refractivity contribution in [2.24, 2.45) is 0 Å². The molecule has 0 saturated heterocycles. The van der Waals surface area contributed by atoms with Gasteiger partial charge in [-0.15, -0.1) is 16.4 Å². The number of carbonyl (C=O) groups is 1. The first-order chi connectivity index (χ1) is 12.7. The summed E-state index contributed by atoms with van der Waals surface area (Å²) in [6, 6.07) is 5.16. The molecule has 4 rings (SSSR count). The lowest BCUT2D eigenvalue weighted by Gasteiger charge is -2.13. The van der Waals surface area contributed by atoms with Crippen LogP contribution in [-0.2, 0) is 12.8 Å². The van der Waals surface area contributed by atoms with E-state index in [-0.39, 0.29) is 5.91 Å². The minimum absolute atomic E-state index is 0.184. The summed E-state index contributed by atoms with van der Waals surface area (Å²) in [6.45, 7) is 0. The van der Waals surface area contributed by atoms with Crippen molar-refractivity contribution in [1.82, 2.24) is 20.2 Å². The minimum Gasteiger partial charge on any atom is -0.495 e. The van der Waals surface area contributed by atoms with Gasteiger partial charge < -0.3 is 10.1 Å². The van der Waals surface area contributed by atoms with Gasteiger partial charge in [-0.3, -0.25) is 4.79 Å². The van der Waals surface area contributed by atoms with Crippen molar-refractivity contribution in [2.75, 3.05) is 12.4 Å². The molecule has 9 heteroatoms. The summed E-state index contributed by atoms with van der Waals surface area (Å²) >= 11 is 7.74. The maximum absolute atomic E-state index is 13.1. The number of benzene rings is 1. The Balaban J connectivity index is 1.71. The van der Waals surface area contributed by atoms with Crippen LogP contribution in [0.25, 0.3) is 5.00 Å². The summed E-state index contributed by atoms with van der Waals surface area (Å²) in [4.78, 5) is 14.3. The topological polar surface area (TPSA) is 81.9 Å². The van der Waals surface area contributed by atoms with Gasteiger partial charge in [0.15, 0.2) is 0 Å². The lowest BCUT2D eigenvalue weighted by molar-refractivity contribution is 0.102. The molecule has 2 aromatic heterocycles. The summed E-state index contributed by atoms with van der Waals surface area (Å²) < 4.78 is 6.71. The number of hydrogen-bond donors (Lipinski definition) is 1. The third-order valence-electron chi connectivity index (χ3n) is 4.35. The number of methoxy groups -OCH3 is 1. The van der Waals surface area contributed by atoms with E-state index in [1.54, 1.807) is 41.3 Å². The second kappa shape index (κ2) is 7.05. The molecular formula is C17H16ClN5O2S. The minimum atomic E-state index is -0.184. The molecule has 0 radical (unpaired) electrons. The molecule has 134 valence electrons. The molecule has 26 heavy (non-hydrogen) atoms. The van der Waals surface area contributed by atoms with Crippen molar-refractivity contribution >= 4 is 34.5 Å². The van der Waals surface area contributed by atoms with Gasteiger partial charge in [0.2, 0.25) is 0 Å². The Morgan fingerprint density at radius 1 is 1.35 bits per heavy atom. The van der Waals surface area contributed by atoms with Crippen LogP contribution in [0, 0.1) is 0 Å². The van der Waals surface area contributed by atoms with E-state index in [0.29, 0.717) is 22.0 Å². The second-order valence-electron chi connectivity index (χ2n) is 5.95. The molecule has 0 bridgehead atoms. The largest absolute Gasteiger partial charge is 0.495 e. The summed E-state index contributed by atoms with van der Waals surface area (Å²) in [6.07, 6.45) is 5.60. The molecular weight excluding hydrogens is 374 g/mol. The Labute approximate surface area is 158 Å². The van der Waals surface area contributed by atoms with E-state index in [1.165, 1.54) is 11.2 Å². The van der Waals surface area contributed by atoms with Crippen LogP contribution >= 0.6 is 22.9 Å². The van der Waals surface area contributed by atoms with E-state index in [1.807, 2.05) is 0 Å². The first-order valence-corrected chi connectivity index (χ1v) is 9.39. The maximum atomic E-state index is 13.1. The highest BCUT2D eigenvalue weighted by Crippen LogP contribution is 2.37. The Hall–Kier alpha value is -2.45. The van der Waals surface area contributed by atoms with Crippen LogP contribution in [0.3, 0.4) is 0 Å². The fraction of sp³-hybridized carbons (Fsp3) is 0.294. The first kappa shape index (κ1) is 17.0. The highest BCUT2D eigenvalue weighted by atomic mass is 35.5. The number of amides is 1. The number of rotatable bonds is 4. The number of fused-ring (bicyclic) bond motifs is 1. The Kier molecular flexibility index (Phi) is 4.60. The van der Waals surface area contributed by atoms with Crippen LogP contribution in [-0.4, -0.2) is 33.2 Å². The number of aryl methyl sites for hydroxylation is 1. The van der Waals surface area contributed by atoms with Crippen LogP contribution in [0.2, 0.25) is 5.02 Å². The average Bonchev–Trinajstić information content (AvgIpc) is 3.29. The van der Waals surface area contributed by atoms with Gasteiger partial charge in [0, 0.05) is 10.6 Å². The van der Waals surface area contributed by atoms with Crippen LogP contribution < -0.4 is 10.1 Å². The van der Waals surface area contributed by atoms with Gasteiger partial charge in [-0.2, -0.15) is 4.68 Å². The monoisotopic (exact) mass is 389 g/mol. The summed E-state index contributed by atoms with van der Waals surface area (Å²) in [5.41, 5.74) is 2.35. The smallest absolute Gasteiger partial charge is 0.259 e. The normalized spacial score (nSPS) is 13.3. The number of nitrogens with zero attached hydrogens (tertiary/aromatic N) is 4. The fourth-order valence-electron chi connectivity index (χ4n) is 3.14. The SMILES string of the molecule is COc1ccc(NC(=O)c2c(-n3cnnn3)sc3c2CCCC3)cc1Cl. The van der Waals surface area contributed by atoms with Gasteiger partial charge in [0.25, 0.3) is 5.91 Å². The third-order valence-corrected chi connectivity index (χ3v) is 5.92. The number of thiophene rings is 1. The second-order valence-corrected chi connectivity index (χ2v) is 7.44. The van der Waals surface area contributed by atoms with Gasteiger partial charge >= 0.3 is 0 Å². The van der Waals surface area contributed by atoms with E-state index in [4.69, 9.17) is 16.3 Å². The number of anilines is 1. The lowest BCUT2D eigenvalue weighted by atomic mass is 9.95. The number of halogens is 1. The van der Waals surface area contributed by atoms with Crippen LogP contribution in [0.1, 0.15) is 33.6 Å². The number of hydrogen-bond acceptors (Lipinski definition) is 6. The van der Waals surface area contributed by atoms with Gasteiger partial charge in [0.05, 0.1) is 17.7 Å². The van der Waals surface area contributed by atoms with Gasteiger partial charge in [-0.25, -0.2) is 0 Å². The van der Waals surface area contributed by atoms with Crippen LogP contribution in [0.4, 0.5) is 5.69 Å². The van der Waals surface area contributed by atoms with Crippen molar-refractivity contribution < 1.29 is 9.53 Å². The van der Waals surface area contributed by atoms with Gasteiger partial charge in [-0.1, -0.05) is 11.6 Å². The molecule has 1 aliphatic rings. The quantitative estimate of drug-likeness (QED) is 0.738.